The minimum atomic E-state index is -3.46. The average molecular weight is 359 g/mol. The van der Waals surface area contributed by atoms with Crippen LogP contribution in [-0.4, -0.2) is 60.0 Å². The molecule has 0 radical (unpaired) electrons. The summed E-state index contributed by atoms with van der Waals surface area (Å²) in [6, 6.07) is 0. The zero-order valence-electron chi connectivity index (χ0n) is 14.3. The van der Waals surface area contributed by atoms with E-state index in [1.165, 1.54) is 4.90 Å². The zero-order chi connectivity index (χ0) is 17.9. The maximum absolute atomic E-state index is 11.1. The Morgan fingerprint density at radius 1 is 1.42 bits per heavy atom. The van der Waals surface area contributed by atoms with Crippen LogP contribution in [0.3, 0.4) is 0 Å². The quantitative estimate of drug-likeness (QED) is 0.778. The molecule has 1 aliphatic rings. The van der Waals surface area contributed by atoms with Gasteiger partial charge in [0.25, 0.3) is 10.1 Å². The molecule has 1 amide bonds. The molecule has 24 heavy (non-hydrogen) atoms. The fourth-order valence-corrected chi connectivity index (χ4v) is 3.23. The highest BCUT2D eigenvalue weighted by Gasteiger charge is 2.27. The van der Waals surface area contributed by atoms with Crippen LogP contribution in [0.1, 0.15) is 50.0 Å². The highest BCUT2D eigenvalue weighted by Crippen LogP contribution is 2.29. The number of hydrogen-bond donors (Lipinski definition) is 1. The summed E-state index contributed by atoms with van der Waals surface area (Å²) in [5, 5.41) is 9.05. The van der Waals surface area contributed by atoms with Gasteiger partial charge in [0.1, 0.15) is 5.82 Å². The second kappa shape index (κ2) is 7.52. The Labute approximate surface area is 142 Å². The Bertz CT molecular complexity index is 675. The standard InChI is InChI=1S/C15H25N3O5S/c1-11(2)13-10-18(8-9-23-24(3,21)22)14(16-13)12-4-6-17(7-5-12)15(19)20/h10-12H,4-9H2,1-3H3,(H,19,20). The van der Waals surface area contributed by atoms with Crippen LogP contribution < -0.4 is 0 Å². The van der Waals surface area contributed by atoms with Crippen molar-refractivity contribution in [3.63, 3.8) is 0 Å². The minimum absolute atomic E-state index is 0.0632. The molecule has 1 aromatic rings. The highest BCUT2D eigenvalue weighted by molar-refractivity contribution is 7.85. The topological polar surface area (TPSA) is 102 Å². The first kappa shape index (κ1) is 18.7. The lowest BCUT2D eigenvalue weighted by Gasteiger charge is -2.29. The largest absolute Gasteiger partial charge is 0.465 e. The number of amides is 1. The molecule has 1 fully saturated rings. The van der Waals surface area contributed by atoms with Crippen molar-refractivity contribution < 1.29 is 22.5 Å². The van der Waals surface area contributed by atoms with Crippen LogP contribution >= 0.6 is 0 Å². The van der Waals surface area contributed by atoms with Crippen molar-refractivity contribution in [1.29, 1.82) is 0 Å². The van der Waals surface area contributed by atoms with Crippen molar-refractivity contribution >= 4 is 16.2 Å². The molecule has 1 aliphatic heterocycles. The molecule has 0 saturated carbocycles. The summed E-state index contributed by atoms with van der Waals surface area (Å²) in [4.78, 5) is 17.2. The molecule has 136 valence electrons. The molecule has 0 spiro atoms. The van der Waals surface area contributed by atoms with Gasteiger partial charge in [-0.1, -0.05) is 13.8 Å². The van der Waals surface area contributed by atoms with Crippen LogP contribution in [0.15, 0.2) is 6.20 Å². The second-order valence-electron chi connectivity index (χ2n) is 6.44. The monoisotopic (exact) mass is 359 g/mol. The SMILES string of the molecule is CC(C)c1cn(CCOS(C)(=O)=O)c(C2CCN(C(=O)O)CC2)n1. The van der Waals surface area contributed by atoms with E-state index in [9.17, 15) is 13.2 Å². The number of nitrogens with zero attached hydrogens (tertiary/aromatic N) is 3. The van der Waals surface area contributed by atoms with Gasteiger partial charge in [0.05, 0.1) is 18.6 Å². The van der Waals surface area contributed by atoms with E-state index in [0.717, 1.165) is 17.8 Å². The first-order chi connectivity index (χ1) is 11.2. The summed E-state index contributed by atoms with van der Waals surface area (Å²) in [5.74, 6) is 1.33. The Balaban J connectivity index is 2.11. The van der Waals surface area contributed by atoms with Gasteiger partial charge in [-0.2, -0.15) is 8.42 Å². The van der Waals surface area contributed by atoms with Crippen molar-refractivity contribution in [2.45, 2.75) is 45.1 Å². The van der Waals surface area contributed by atoms with Crippen LogP contribution in [0.4, 0.5) is 4.79 Å². The number of rotatable bonds is 6. The van der Waals surface area contributed by atoms with Crippen LogP contribution in [0.25, 0.3) is 0 Å². The van der Waals surface area contributed by atoms with Crippen LogP contribution in [0, 0.1) is 0 Å². The van der Waals surface area contributed by atoms with Crippen molar-refractivity contribution in [3.8, 4) is 0 Å². The van der Waals surface area contributed by atoms with Crippen molar-refractivity contribution in [2.75, 3.05) is 26.0 Å². The molecule has 0 aromatic carbocycles. The van der Waals surface area contributed by atoms with E-state index in [1.54, 1.807) is 0 Å². The lowest BCUT2D eigenvalue weighted by Crippen LogP contribution is -2.37. The van der Waals surface area contributed by atoms with E-state index in [0.29, 0.717) is 32.5 Å². The highest BCUT2D eigenvalue weighted by atomic mass is 32.2. The van der Waals surface area contributed by atoms with Crippen molar-refractivity contribution in [2.24, 2.45) is 0 Å². The summed E-state index contributed by atoms with van der Waals surface area (Å²) in [6.07, 6.45) is 3.51. The third-order valence-electron chi connectivity index (χ3n) is 4.18. The number of hydrogen-bond acceptors (Lipinski definition) is 5. The van der Waals surface area contributed by atoms with Crippen LogP contribution in [0.2, 0.25) is 0 Å². The molecule has 0 aliphatic carbocycles. The summed E-state index contributed by atoms with van der Waals surface area (Å²) in [6.45, 7) is 5.55. The summed E-state index contributed by atoms with van der Waals surface area (Å²) >= 11 is 0. The lowest BCUT2D eigenvalue weighted by molar-refractivity contribution is 0.131. The van der Waals surface area contributed by atoms with Gasteiger partial charge in [-0.25, -0.2) is 9.78 Å². The van der Waals surface area contributed by atoms with E-state index in [4.69, 9.17) is 14.3 Å². The molecular formula is C15H25N3O5S. The second-order valence-corrected chi connectivity index (χ2v) is 8.09. The van der Waals surface area contributed by atoms with Gasteiger partial charge >= 0.3 is 6.09 Å². The van der Waals surface area contributed by atoms with Crippen molar-refractivity contribution in [3.05, 3.63) is 17.7 Å². The van der Waals surface area contributed by atoms with Gasteiger partial charge in [-0.3, -0.25) is 4.18 Å². The van der Waals surface area contributed by atoms with Gasteiger partial charge in [-0.15, -0.1) is 0 Å². The molecule has 0 atom stereocenters. The normalized spacial score (nSPS) is 16.8. The van der Waals surface area contributed by atoms with Gasteiger partial charge in [0.2, 0.25) is 0 Å². The fourth-order valence-electron chi connectivity index (χ4n) is 2.85. The summed E-state index contributed by atoms with van der Waals surface area (Å²) in [5.41, 5.74) is 0.949. The Hall–Kier alpha value is -1.61. The molecule has 2 heterocycles. The van der Waals surface area contributed by atoms with E-state index < -0.39 is 16.2 Å². The first-order valence-electron chi connectivity index (χ1n) is 8.06. The predicted molar refractivity (Wildman–Crippen MR) is 88.7 cm³/mol. The molecule has 1 N–H and O–H groups in total. The van der Waals surface area contributed by atoms with Crippen LogP contribution in [-0.2, 0) is 20.8 Å². The molecule has 1 aromatic heterocycles. The van der Waals surface area contributed by atoms with E-state index >= 15 is 0 Å². The first-order valence-corrected chi connectivity index (χ1v) is 9.88. The number of carbonyl (C=O) groups is 1. The Kier molecular flexibility index (Phi) is 5.87. The Morgan fingerprint density at radius 2 is 2.04 bits per heavy atom. The van der Waals surface area contributed by atoms with Gasteiger partial charge in [-0.05, 0) is 18.8 Å². The van der Waals surface area contributed by atoms with Crippen molar-refractivity contribution in [1.82, 2.24) is 14.5 Å². The van der Waals surface area contributed by atoms with Gasteiger partial charge < -0.3 is 14.6 Å². The van der Waals surface area contributed by atoms with E-state index in [-0.39, 0.29) is 18.4 Å². The zero-order valence-corrected chi connectivity index (χ0v) is 15.1. The van der Waals surface area contributed by atoms with Gasteiger partial charge in [0, 0.05) is 31.7 Å². The van der Waals surface area contributed by atoms with Crippen LogP contribution in [0.5, 0.6) is 0 Å². The summed E-state index contributed by atoms with van der Waals surface area (Å²) in [7, 11) is -3.46. The lowest BCUT2D eigenvalue weighted by atomic mass is 9.96. The maximum Gasteiger partial charge on any atom is 0.407 e. The molecule has 9 heteroatoms. The fraction of sp³-hybridized carbons (Fsp3) is 0.733. The molecular weight excluding hydrogens is 334 g/mol. The number of piperidine rings is 1. The number of aromatic nitrogens is 2. The molecule has 2 rings (SSSR count). The minimum Gasteiger partial charge on any atom is -0.465 e. The average Bonchev–Trinajstić information content (AvgIpc) is 2.90. The van der Waals surface area contributed by atoms with E-state index in [2.05, 4.69) is 13.8 Å². The van der Waals surface area contributed by atoms with E-state index in [1.807, 2.05) is 10.8 Å². The smallest absolute Gasteiger partial charge is 0.407 e. The van der Waals surface area contributed by atoms with Gasteiger partial charge in [0.15, 0.2) is 0 Å². The third-order valence-corrected chi connectivity index (χ3v) is 4.77. The molecule has 0 unspecified atom stereocenters. The summed E-state index contributed by atoms with van der Waals surface area (Å²) < 4.78 is 29.0. The predicted octanol–water partition coefficient (Wildman–Crippen LogP) is 1.84. The number of likely N-dealkylation sites (tertiary alicyclic amines) is 1. The molecule has 8 nitrogen and oxygen atoms in total. The number of imidazole rings is 1. The third kappa shape index (κ3) is 4.94. The number of carboxylic acid groups (broad SMARTS) is 1. The molecule has 1 saturated heterocycles. The molecule has 0 bridgehead atoms. The Morgan fingerprint density at radius 3 is 2.54 bits per heavy atom. The maximum atomic E-state index is 11.1.